The van der Waals surface area contributed by atoms with Gasteiger partial charge in [-0.3, -0.25) is 0 Å². The van der Waals surface area contributed by atoms with E-state index in [1.807, 2.05) is 19.1 Å². The molecule has 1 aromatic carbocycles. The summed E-state index contributed by atoms with van der Waals surface area (Å²) in [6.07, 6.45) is 5.02. The maximum atomic E-state index is 12.0. The Balaban J connectivity index is 2.29. The van der Waals surface area contributed by atoms with Crippen molar-refractivity contribution in [1.82, 2.24) is 5.32 Å². The lowest BCUT2D eigenvalue weighted by Crippen LogP contribution is -2.44. The first-order valence-corrected chi connectivity index (χ1v) is 8.81. The highest BCUT2D eigenvalue weighted by Gasteiger charge is 2.46. The number of carboxylic acid groups (broad SMARTS) is 1. The third-order valence-corrected chi connectivity index (χ3v) is 4.82. The van der Waals surface area contributed by atoms with E-state index in [1.165, 1.54) is 0 Å². The normalized spacial score (nSPS) is 17.6. The molecule has 3 N–H and O–H groups in total. The van der Waals surface area contributed by atoms with Crippen molar-refractivity contribution in [2.75, 3.05) is 13.1 Å². The van der Waals surface area contributed by atoms with E-state index in [-0.39, 0.29) is 5.92 Å². The topological polar surface area (TPSA) is 69.6 Å². The zero-order valence-corrected chi connectivity index (χ0v) is 14.3. The lowest BCUT2D eigenvalue weighted by atomic mass is 9.72. The van der Waals surface area contributed by atoms with Crippen molar-refractivity contribution < 1.29 is 15.0 Å². The monoisotopic (exact) mass is 329 g/mol. The Labute approximate surface area is 144 Å². The van der Waals surface area contributed by atoms with E-state index in [9.17, 15) is 15.0 Å². The molecule has 0 bridgehead atoms. The van der Waals surface area contributed by atoms with E-state index in [1.54, 1.807) is 12.1 Å². The Hall–Kier alpha value is -1.83. The lowest BCUT2D eigenvalue weighted by molar-refractivity contribution is -0.168. The molecule has 24 heavy (non-hydrogen) atoms. The Morgan fingerprint density at radius 2 is 1.96 bits per heavy atom. The summed E-state index contributed by atoms with van der Waals surface area (Å²) in [4.78, 5) is 12.0. The number of carboxylic acids is 1. The molecule has 130 valence electrons. The molecule has 1 aliphatic rings. The first kappa shape index (κ1) is 18.5. The van der Waals surface area contributed by atoms with Gasteiger partial charge in [-0.1, -0.05) is 62.3 Å². The third kappa shape index (κ3) is 4.17. The number of aliphatic hydroxyl groups is 1. The number of nitrogens with one attached hydrogen (secondary N) is 1. The highest BCUT2D eigenvalue weighted by molar-refractivity contribution is 5.80. The third-order valence-electron chi connectivity index (χ3n) is 4.82. The molecule has 1 saturated carbocycles. The average Bonchev–Trinajstić information content (AvgIpc) is 2.62. The first-order valence-electron chi connectivity index (χ1n) is 8.81. The Morgan fingerprint density at radius 3 is 2.62 bits per heavy atom. The van der Waals surface area contributed by atoms with Gasteiger partial charge in [-0.15, -0.1) is 0 Å². The summed E-state index contributed by atoms with van der Waals surface area (Å²) in [5.74, 6) is 4.72. The summed E-state index contributed by atoms with van der Waals surface area (Å²) in [6, 6.07) is 7.27. The number of benzene rings is 1. The number of carbonyl (C=O) groups is 1. The van der Waals surface area contributed by atoms with Crippen LogP contribution in [-0.4, -0.2) is 29.3 Å². The summed E-state index contributed by atoms with van der Waals surface area (Å²) >= 11 is 0. The van der Waals surface area contributed by atoms with Gasteiger partial charge in [0.15, 0.2) is 5.60 Å². The fraction of sp³-hybridized carbons (Fsp3) is 0.550. The van der Waals surface area contributed by atoms with Gasteiger partial charge >= 0.3 is 5.97 Å². The Bertz CT molecular complexity index is 611. The SMILES string of the molecule is CCNCC#CCc1ccccc1C(O)(C(=O)O)C1CCCCC1. The summed E-state index contributed by atoms with van der Waals surface area (Å²) < 4.78 is 0. The van der Waals surface area contributed by atoms with Crippen LogP contribution in [0.3, 0.4) is 0 Å². The smallest absolute Gasteiger partial charge is 0.340 e. The number of aliphatic carboxylic acids is 1. The molecule has 1 aliphatic carbocycles. The van der Waals surface area contributed by atoms with Crippen molar-refractivity contribution in [2.45, 2.75) is 51.0 Å². The summed E-state index contributed by atoms with van der Waals surface area (Å²) in [5.41, 5.74) is -0.514. The molecule has 0 spiro atoms. The second kappa shape index (κ2) is 8.86. The first-order chi connectivity index (χ1) is 11.6. The van der Waals surface area contributed by atoms with E-state index in [2.05, 4.69) is 17.2 Å². The standard InChI is InChI=1S/C20H27NO3/c1-2-21-15-9-8-11-16-10-6-7-14-18(16)20(24,19(22)23)17-12-4-3-5-13-17/h6-7,10,14,17,21,24H,2-5,11-13,15H2,1H3,(H,22,23). The lowest BCUT2D eigenvalue weighted by Gasteiger charge is -2.36. The van der Waals surface area contributed by atoms with E-state index in [0.717, 1.165) is 44.2 Å². The molecule has 0 radical (unpaired) electrons. The van der Waals surface area contributed by atoms with Crippen molar-refractivity contribution >= 4 is 5.97 Å². The molecular formula is C20H27NO3. The molecule has 1 unspecified atom stereocenters. The van der Waals surface area contributed by atoms with Gasteiger partial charge in [-0.2, -0.15) is 0 Å². The Morgan fingerprint density at radius 1 is 1.25 bits per heavy atom. The molecule has 0 aromatic heterocycles. The molecule has 0 amide bonds. The number of hydrogen-bond acceptors (Lipinski definition) is 3. The predicted molar refractivity (Wildman–Crippen MR) is 94.6 cm³/mol. The largest absolute Gasteiger partial charge is 0.479 e. The van der Waals surface area contributed by atoms with Crippen LogP contribution in [0.4, 0.5) is 0 Å². The van der Waals surface area contributed by atoms with Crippen LogP contribution in [-0.2, 0) is 16.8 Å². The number of rotatable bonds is 6. The minimum atomic E-state index is -1.82. The molecule has 1 fully saturated rings. The molecule has 4 heteroatoms. The van der Waals surface area contributed by atoms with Crippen LogP contribution >= 0.6 is 0 Å². The molecule has 0 saturated heterocycles. The van der Waals surface area contributed by atoms with Gasteiger partial charge in [0.25, 0.3) is 0 Å². The van der Waals surface area contributed by atoms with Gasteiger partial charge in [0.05, 0.1) is 6.54 Å². The molecule has 0 aliphatic heterocycles. The predicted octanol–water partition coefficient (Wildman–Crippen LogP) is 2.69. The molecule has 1 atom stereocenters. The number of hydrogen-bond donors (Lipinski definition) is 3. The van der Waals surface area contributed by atoms with Crippen LogP contribution in [0.25, 0.3) is 0 Å². The fourth-order valence-electron chi connectivity index (χ4n) is 3.48. The van der Waals surface area contributed by atoms with Crippen LogP contribution in [0.2, 0.25) is 0 Å². The maximum Gasteiger partial charge on any atom is 0.340 e. The van der Waals surface area contributed by atoms with E-state index < -0.39 is 11.6 Å². The van der Waals surface area contributed by atoms with Crippen LogP contribution in [0.1, 0.15) is 50.2 Å². The van der Waals surface area contributed by atoms with E-state index in [0.29, 0.717) is 18.5 Å². The zero-order valence-electron chi connectivity index (χ0n) is 14.3. The van der Waals surface area contributed by atoms with Gasteiger partial charge < -0.3 is 15.5 Å². The average molecular weight is 329 g/mol. The molecule has 4 nitrogen and oxygen atoms in total. The van der Waals surface area contributed by atoms with Gasteiger partial charge in [-0.05, 0) is 30.5 Å². The summed E-state index contributed by atoms with van der Waals surface area (Å²) in [5, 5.41) is 24.1. The van der Waals surface area contributed by atoms with Gasteiger partial charge in [0.1, 0.15) is 0 Å². The van der Waals surface area contributed by atoms with E-state index >= 15 is 0 Å². The summed E-state index contributed by atoms with van der Waals surface area (Å²) in [6.45, 7) is 3.50. The van der Waals surface area contributed by atoms with Crippen molar-refractivity contribution in [3.63, 3.8) is 0 Å². The Kier molecular flexibility index (Phi) is 6.84. The molecule has 2 rings (SSSR count). The second-order valence-electron chi connectivity index (χ2n) is 6.37. The van der Waals surface area contributed by atoms with Gasteiger partial charge in [0, 0.05) is 12.3 Å². The van der Waals surface area contributed by atoms with Crippen LogP contribution < -0.4 is 5.32 Å². The fourth-order valence-corrected chi connectivity index (χ4v) is 3.48. The highest BCUT2D eigenvalue weighted by Crippen LogP contribution is 2.41. The maximum absolute atomic E-state index is 12.0. The van der Waals surface area contributed by atoms with Crippen LogP contribution in [0.15, 0.2) is 24.3 Å². The van der Waals surface area contributed by atoms with Crippen LogP contribution in [0, 0.1) is 17.8 Å². The highest BCUT2D eigenvalue weighted by atomic mass is 16.4. The van der Waals surface area contributed by atoms with Crippen molar-refractivity contribution in [3.05, 3.63) is 35.4 Å². The summed E-state index contributed by atoms with van der Waals surface area (Å²) in [7, 11) is 0. The van der Waals surface area contributed by atoms with Gasteiger partial charge in [-0.25, -0.2) is 4.79 Å². The molecule has 0 heterocycles. The minimum absolute atomic E-state index is 0.236. The van der Waals surface area contributed by atoms with Gasteiger partial charge in [0.2, 0.25) is 0 Å². The second-order valence-corrected chi connectivity index (χ2v) is 6.37. The van der Waals surface area contributed by atoms with Crippen LogP contribution in [0.5, 0.6) is 0 Å². The van der Waals surface area contributed by atoms with E-state index in [4.69, 9.17) is 0 Å². The van der Waals surface area contributed by atoms with Crippen molar-refractivity contribution in [3.8, 4) is 11.8 Å². The minimum Gasteiger partial charge on any atom is -0.479 e. The van der Waals surface area contributed by atoms with Crippen molar-refractivity contribution in [1.29, 1.82) is 0 Å². The van der Waals surface area contributed by atoms with Crippen molar-refractivity contribution in [2.24, 2.45) is 5.92 Å². The molecular weight excluding hydrogens is 302 g/mol. The zero-order chi connectivity index (χ0) is 17.4. The molecule has 1 aromatic rings. The quantitative estimate of drug-likeness (QED) is 0.554.